The lowest BCUT2D eigenvalue weighted by Gasteiger charge is -2.29. The molecule has 3 nitrogen and oxygen atoms in total. The minimum atomic E-state index is -0.290. The highest BCUT2D eigenvalue weighted by atomic mass is 127. The summed E-state index contributed by atoms with van der Waals surface area (Å²) in [5.41, 5.74) is 6.13. The summed E-state index contributed by atoms with van der Waals surface area (Å²) in [5.74, 6) is 0.433. The van der Waals surface area contributed by atoms with Gasteiger partial charge in [0, 0.05) is 15.7 Å². The number of nitrogens with two attached hydrogens (primary N) is 1. The van der Waals surface area contributed by atoms with E-state index >= 15 is 0 Å². The third kappa shape index (κ3) is 2.97. The Hall–Kier alpha value is -0.330. The molecule has 0 saturated heterocycles. The first-order valence-electron chi connectivity index (χ1n) is 5.94. The van der Waals surface area contributed by atoms with Gasteiger partial charge in [-0.1, -0.05) is 11.6 Å². The second kappa shape index (κ2) is 5.35. The number of nitrogens with one attached hydrogen (secondary N) is 1. The van der Waals surface area contributed by atoms with Crippen LogP contribution in [0.5, 0.6) is 0 Å². The Kier molecular flexibility index (Phi) is 4.18. The van der Waals surface area contributed by atoms with Crippen LogP contribution in [0, 0.1) is 9.49 Å². The van der Waals surface area contributed by atoms with Crippen LogP contribution in [0.1, 0.15) is 30.1 Å². The van der Waals surface area contributed by atoms with Gasteiger partial charge in [0.15, 0.2) is 0 Å². The molecule has 2 rings (SSSR count). The second-order valence-electron chi connectivity index (χ2n) is 4.98. The quantitative estimate of drug-likeness (QED) is 0.792. The van der Waals surface area contributed by atoms with E-state index in [-0.39, 0.29) is 11.4 Å². The Morgan fingerprint density at radius 3 is 2.78 bits per heavy atom. The van der Waals surface area contributed by atoms with E-state index in [2.05, 4.69) is 27.9 Å². The molecule has 0 bridgehead atoms. The fourth-order valence-electron chi connectivity index (χ4n) is 2.01. The van der Waals surface area contributed by atoms with E-state index in [1.165, 1.54) is 0 Å². The van der Waals surface area contributed by atoms with E-state index < -0.39 is 0 Å². The van der Waals surface area contributed by atoms with Crippen LogP contribution in [0.3, 0.4) is 0 Å². The highest BCUT2D eigenvalue weighted by molar-refractivity contribution is 14.1. The van der Waals surface area contributed by atoms with Gasteiger partial charge in [-0.25, -0.2) is 0 Å². The average Bonchev–Trinajstić information content (AvgIpc) is 3.16. The number of rotatable bonds is 4. The summed E-state index contributed by atoms with van der Waals surface area (Å²) in [6, 6.07) is 5.28. The van der Waals surface area contributed by atoms with E-state index in [1.807, 2.05) is 6.92 Å². The Morgan fingerprint density at radius 1 is 1.61 bits per heavy atom. The van der Waals surface area contributed by atoms with Crippen LogP contribution >= 0.6 is 34.2 Å². The Morgan fingerprint density at radius 2 is 2.28 bits per heavy atom. The molecule has 1 aliphatic carbocycles. The minimum absolute atomic E-state index is 0.0792. The van der Waals surface area contributed by atoms with Crippen LogP contribution in [0.15, 0.2) is 18.2 Å². The molecule has 5 heteroatoms. The largest absolute Gasteiger partial charge is 0.345 e. The van der Waals surface area contributed by atoms with E-state index in [0.29, 0.717) is 23.0 Å². The molecule has 1 atom stereocenters. The van der Waals surface area contributed by atoms with Crippen molar-refractivity contribution in [2.24, 2.45) is 11.7 Å². The summed E-state index contributed by atoms with van der Waals surface area (Å²) in [5, 5.41) is 3.72. The molecule has 3 N–H and O–H groups in total. The number of halogens is 2. The highest BCUT2D eigenvalue weighted by Gasteiger charge is 2.41. The molecule has 98 valence electrons. The van der Waals surface area contributed by atoms with Gasteiger partial charge < -0.3 is 11.1 Å². The van der Waals surface area contributed by atoms with Gasteiger partial charge in [-0.2, -0.15) is 0 Å². The summed E-state index contributed by atoms with van der Waals surface area (Å²) in [6.07, 6.45) is 2.29. The minimum Gasteiger partial charge on any atom is -0.345 e. The average molecular weight is 379 g/mol. The zero-order valence-corrected chi connectivity index (χ0v) is 13.1. The first kappa shape index (κ1) is 14.1. The number of benzene rings is 1. The fraction of sp³-hybridized carbons (Fsp3) is 0.462. The number of hydrogen-bond donors (Lipinski definition) is 2. The molecule has 1 aliphatic rings. The third-order valence-corrected chi connectivity index (χ3v) is 5.02. The van der Waals surface area contributed by atoms with Gasteiger partial charge >= 0.3 is 0 Å². The number of carbonyl (C=O) groups is 1. The molecule has 0 heterocycles. The maximum atomic E-state index is 12.2. The van der Waals surface area contributed by atoms with Crippen LogP contribution in [0.25, 0.3) is 0 Å². The molecule has 1 amide bonds. The van der Waals surface area contributed by atoms with Crippen LogP contribution < -0.4 is 11.1 Å². The van der Waals surface area contributed by atoms with Gasteiger partial charge in [0.05, 0.1) is 10.6 Å². The van der Waals surface area contributed by atoms with Gasteiger partial charge in [0.2, 0.25) is 0 Å². The maximum absolute atomic E-state index is 12.2. The van der Waals surface area contributed by atoms with Crippen molar-refractivity contribution in [3.8, 4) is 0 Å². The van der Waals surface area contributed by atoms with Crippen LogP contribution in [0.2, 0.25) is 5.02 Å². The fourth-order valence-corrected chi connectivity index (χ4v) is 2.64. The van der Waals surface area contributed by atoms with Crippen molar-refractivity contribution < 1.29 is 4.79 Å². The first-order chi connectivity index (χ1) is 8.46. The number of carbonyl (C=O) groups excluding carboxylic acids is 1. The van der Waals surface area contributed by atoms with Crippen molar-refractivity contribution in [3.63, 3.8) is 0 Å². The monoisotopic (exact) mass is 378 g/mol. The Labute approximate surface area is 126 Å². The van der Waals surface area contributed by atoms with E-state index in [1.54, 1.807) is 18.2 Å². The molecule has 1 saturated carbocycles. The Balaban J connectivity index is 2.13. The van der Waals surface area contributed by atoms with Crippen molar-refractivity contribution >= 4 is 40.1 Å². The maximum Gasteiger partial charge on any atom is 0.251 e. The predicted molar refractivity (Wildman–Crippen MR) is 81.8 cm³/mol. The molecule has 1 aromatic carbocycles. The highest BCUT2D eigenvalue weighted by Crippen LogP contribution is 2.39. The lowest BCUT2D eigenvalue weighted by Crippen LogP contribution is -2.53. The van der Waals surface area contributed by atoms with Crippen LogP contribution in [-0.4, -0.2) is 18.0 Å². The molecule has 18 heavy (non-hydrogen) atoms. The summed E-state index contributed by atoms with van der Waals surface area (Å²) in [7, 11) is 0. The summed E-state index contributed by atoms with van der Waals surface area (Å²) in [6.45, 7) is 2.48. The van der Waals surface area contributed by atoms with Crippen LogP contribution in [-0.2, 0) is 0 Å². The van der Waals surface area contributed by atoms with Gasteiger partial charge in [0.1, 0.15) is 0 Å². The molecular formula is C13H16ClIN2O. The van der Waals surface area contributed by atoms with Crippen molar-refractivity contribution in [1.82, 2.24) is 5.32 Å². The topological polar surface area (TPSA) is 55.1 Å². The molecule has 0 aliphatic heterocycles. The van der Waals surface area contributed by atoms with Crippen molar-refractivity contribution in [3.05, 3.63) is 32.4 Å². The Bertz CT molecular complexity index is 476. The summed E-state index contributed by atoms with van der Waals surface area (Å²) < 4.78 is 0.878. The molecule has 0 aromatic heterocycles. The smallest absolute Gasteiger partial charge is 0.251 e. The van der Waals surface area contributed by atoms with Gasteiger partial charge in [-0.15, -0.1) is 0 Å². The van der Waals surface area contributed by atoms with Crippen molar-refractivity contribution in [1.29, 1.82) is 0 Å². The van der Waals surface area contributed by atoms with E-state index in [9.17, 15) is 4.79 Å². The van der Waals surface area contributed by atoms with E-state index in [4.69, 9.17) is 17.3 Å². The first-order valence-corrected chi connectivity index (χ1v) is 7.39. The van der Waals surface area contributed by atoms with Gasteiger partial charge in [-0.05, 0) is 66.5 Å². The zero-order valence-electron chi connectivity index (χ0n) is 10.2. The normalized spacial score (nSPS) is 18.2. The molecule has 0 radical (unpaired) electrons. The second-order valence-corrected chi connectivity index (χ2v) is 6.55. The molecule has 1 aromatic rings. The third-order valence-electron chi connectivity index (χ3n) is 3.48. The van der Waals surface area contributed by atoms with Crippen molar-refractivity contribution in [2.45, 2.75) is 25.3 Å². The van der Waals surface area contributed by atoms with E-state index in [0.717, 1.165) is 16.4 Å². The number of hydrogen-bond acceptors (Lipinski definition) is 2. The lowest BCUT2D eigenvalue weighted by atomic mass is 9.95. The molecular weight excluding hydrogens is 363 g/mol. The molecule has 0 spiro atoms. The van der Waals surface area contributed by atoms with Gasteiger partial charge in [0.25, 0.3) is 5.91 Å². The number of amides is 1. The molecule has 1 unspecified atom stereocenters. The van der Waals surface area contributed by atoms with Gasteiger partial charge in [-0.3, -0.25) is 4.79 Å². The summed E-state index contributed by atoms with van der Waals surface area (Å²) >= 11 is 8.07. The molecule has 1 fully saturated rings. The van der Waals surface area contributed by atoms with Crippen molar-refractivity contribution in [2.75, 3.05) is 6.54 Å². The zero-order chi connectivity index (χ0) is 13.3. The summed E-state index contributed by atoms with van der Waals surface area (Å²) in [4.78, 5) is 12.2. The standard InChI is InChI=1S/C13H16ClIN2O/c1-13(7-16,9-3-4-9)17-12(18)8-2-5-10(14)11(15)6-8/h2,5-6,9H,3-4,7,16H2,1H3,(H,17,18). The van der Waals surface area contributed by atoms with Crippen LogP contribution in [0.4, 0.5) is 0 Å². The lowest BCUT2D eigenvalue weighted by molar-refractivity contribution is 0.0898. The SMILES string of the molecule is CC(CN)(NC(=O)c1ccc(Cl)c(I)c1)C1CC1. The predicted octanol–water partition coefficient (Wildman–Crippen LogP) is 2.80.